The predicted molar refractivity (Wildman–Crippen MR) is 138 cm³/mol. The van der Waals surface area contributed by atoms with Gasteiger partial charge in [0.05, 0.1) is 12.6 Å². The summed E-state index contributed by atoms with van der Waals surface area (Å²) in [5.74, 6) is -0.552. The number of hydrazine groups is 1. The highest BCUT2D eigenvalue weighted by Gasteiger charge is 2.36. The summed E-state index contributed by atoms with van der Waals surface area (Å²) in [7, 11) is 1.60. The fraction of sp³-hybridized carbons (Fsp3) is 0.0345. The second-order valence-electron chi connectivity index (χ2n) is 8.46. The Balaban J connectivity index is 1.73. The van der Waals surface area contributed by atoms with Crippen LogP contribution in [0.3, 0.4) is 0 Å². The highest BCUT2D eigenvalue weighted by molar-refractivity contribution is 6.54. The lowest BCUT2D eigenvalue weighted by atomic mass is 9.87. The van der Waals surface area contributed by atoms with E-state index >= 15 is 0 Å². The minimum atomic E-state index is -0.398. The van der Waals surface area contributed by atoms with Crippen LogP contribution >= 0.6 is 0 Å². The third-order valence-electron chi connectivity index (χ3n) is 6.45. The van der Waals surface area contributed by atoms with E-state index in [9.17, 15) is 15.1 Å². The van der Waals surface area contributed by atoms with E-state index in [1.54, 1.807) is 61.6 Å². The molecule has 6 heteroatoms. The van der Waals surface area contributed by atoms with Gasteiger partial charge in [0.15, 0.2) is 0 Å². The van der Waals surface area contributed by atoms with Gasteiger partial charge in [-0.05, 0) is 35.0 Å². The number of hydrogen-bond donors (Lipinski definition) is 1. The number of benzene rings is 5. The molecule has 6 rings (SSSR count). The fourth-order valence-electron chi connectivity index (χ4n) is 4.82. The first-order chi connectivity index (χ1) is 17.1. The molecule has 0 aromatic heterocycles. The van der Waals surface area contributed by atoms with Gasteiger partial charge in [0.2, 0.25) is 0 Å². The number of ketones is 1. The quantitative estimate of drug-likeness (QED) is 0.170. The lowest BCUT2D eigenvalue weighted by Gasteiger charge is -2.30. The minimum Gasteiger partial charge on any atom is -0.872 e. The maximum atomic E-state index is 13.8. The normalized spacial score (nSPS) is 12.9. The molecular weight excluding hydrogens is 438 g/mol. The van der Waals surface area contributed by atoms with Gasteiger partial charge in [-0.15, -0.1) is 5.01 Å². The van der Waals surface area contributed by atoms with E-state index in [-0.39, 0.29) is 11.5 Å². The highest BCUT2D eigenvalue weighted by atomic mass is 16.5. The molecule has 0 saturated carbocycles. The molecule has 170 valence electrons. The van der Waals surface area contributed by atoms with Crippen molar-refractivity contribution in [2.75, 3.05) is 17.4 Å². The van der Waals surface area contributed by atoms with Gasteiger partial charge in [0.25, 0.3) is 11.5 Å². The topological polar surface area (TPSA) is 81.5 Å². The Kier molecular flexibility index (Phi) is 4.67. The van der Waals surface area contributed by atoms with Crippen molar-refractivity contribution in [3.63, 3.8) is 0 Å². The number of nitrogens with one attached hydrogen (secondary N) is 1. The first kappa shape index (κ1) is 20.7. The van der Waals surface area contributed by atoms with Crippen molar-refractivity contribution in [3.05, 3.63) is 113 Å². The molecule has 5 aromatic rings. The lowest BCUT2D eigenvalue weighted by Crippen LogP contribution is -2.40. The number of carbonyl (C=O) groups excluding carboxylic acids is 1. The first-order valence-corrected chi connectivity index (χ1v) is 11.2. The van der Waals surface area contributed by atoms with E-state index in [0.717, 1.165) is 5.69 Å². The van der Waals surface area contributed by atoms with Gasteiger partial charge in [0.1, 0.15) is 5.69 Å². The Morgan fingerprint density at radius 2 is 1.43 bits per heavy atom. The number of carbonyl (C=O) groups is 1. The van der Waals surface area contributed by atoms with Crippen LogP contribution in [0.1, 0.15) is 15.9 Å². The van der Waals surface area contributed by atoms with Crippen LogP contribution in [0.4, 0.5) is 17.1 Å². The highest BCUT2D eigenvalue weighted by Crippen LogP contribution is 2.46. The molecule has 6 nitrogen and oxygen atoms in total. The SMILES string of the molecule is CN1c2ccc(Nc3ccccc3)c3c([O-])c4ccccc4c(c23)C(C(=O)c2ccccc2)=[N+]1[O-]. The lowest BCUT2D eigenvalue weighted by molar-refractivity contribution is -0.467. The molecule has 0 saturated heterocycles. The number of para-hydroxylation sites is 1. The predicted octanol–water partition coefficient (Wildman–Crippen LogP) is 5.36. The molecule has 0 aliphatic carbocycles. The van der Waals surface area contributed by atoms with E-state index in [0.29, 0.717) is 48.9 Å². The van der Waals surface area contributed by atoms with E-state index in [2.05, 4.69) is 5.32 Å². The van der Waals surface area contributed by atoms with Crippen molar-refractivity contribution >= 4 is 50.1 Å². The summed E-state index contributed by atoms with van der Waals surface area (Å²) in [6.07, 6.45) is 0. The molecule has 0 bridgehead atoms. The smallest absolute Gasteiger partial charge is 0.298 e. The maximum absolute atomic E-state index is 13.8. The largest absolute Gasteiger partial charge is 0.872 e. The van der Waals surface area contributed by atoms with Crippen LogP contribution in [0.2, 0.25) is 0 Å². The van der Waals surface area contributed by atoms with Crippen LogP contribution in [0.25, 0.3) is 21.5 Å². The summed E-state index contributed by atoms with van der Waals surface area (Å²) in [5.41, 5.74) is 2.88. The van der Waals surface area contributed by atoms with Crippen molar-refractivity contribution in [2.24, 2.45) is 0 Å². The Morgan fingerprint density at radius 3 is 2.14 bits per heavy atom. The minimum absolute atomic E-state index is 0.00994. The summed E-state index contributed by atoms with van der Waals surface area (Å²) >= 11 is 0. The molecule has 1 aliphatic heterocycles. The van der Waals surface area contributed by atoms with Crippen LogP contribution in [-0.4, -0.2) is 23.4 Å². The monoisotopic (exact) mass is 458 g/mol. The van der Waals surface area contributed by atoms with Crippen molar-refractivity contribution < 1.29 is 14.7 Å². The van der Waals surface area contributed by atoms with E-state index < -0.39 is 5.78 Å². The van der Waals surface area contributed by atoms with Gasteiger partial charge in [-0.25, -0.2) is 0 Å². The number of rotatable bonds is 4. The molecule has 1 aliphatic rings. The zero-order chi connectivity index (χ0) is 24.1. The average Bonchev–Trinajstić information content (AvgIpc) is 2.90. The second kappa shape index (κ2) is 7.88. The summed E-state index contributed by atoms with van der Waals surface area (Å²) in [6.45, 7) is 0. The van der Waals surface area contributed by atoms with Crippen molar-refractivity contribution in [1.29, 1.82) is 0 Å². The van der Waals surface area contributed by atoms with E-state index in [1.807, 2.05) is 42.5 Å². The van der Waals surface area contributed by atoms with Crippen LogP contribution < -0.4 is 15.4 Å². The summed E-state index contributed by atoms with van der Waals surface area (Å²) in [5, 5.41) is 34.2. The van der Waals surface area contributed by atoms with Gasteiger partial charge in [-0.1, -0.05) is 83.4 Å². The van der Waals surface area contributed by atoms with Crippen LogP contribution in [0.5, 0.6) is 5.75 Å². The van der Waals surface area contributed by atoms with Crippen LogP contribution in [0, 0.1) is 5.21 Å². The third kappa shape index (κ3) is 3.11. The van der Waals surface area contributed by atoms with Gasteiger partial charge < -0.3 is 15.6 Å². The number of hydrogen-bond acceptors (Lipinski definition) is 5. The van der Waals surface area contributed by atoms with Gasteiger partial charge in [-0.2, -0.15) is 0 Å². The number of nitrogens with zero attached hydrogens (tertiary/aromatic N) is 2. The summed E-state index contributed by atoms with van der Waals surface area (Å²) in [4.78, 5) is 14.3. The van der Waals surface area contributed by atoms with Crippen molar-refractivity contribution in [3.8, 4) is 5.75 Å². The Hall–Kier alpha value is -4.84. The van der Waals surface area contributed by atoms with Gasteiger partial charge >= 0.3 is 0 Å². The van der Waals surface area contributed by atoms with Gasteiger partial charge in [-0.3, -0.25) is 4.79 Å². The van der Waals surface area contributed by atoms with E-state index in [4.69, 9.17) is 0 Å². The Labute approximate surface area is 201 Å². The average molecular weight is 458 g/mol. The summed E-state index contributed by atoms with van der Waals surface area (Å²) < 4.78 is 0. The third-order valence-corrected chi connectivity index (χ3v) is 6.45. The molecule has 1 N–H and O–H groups in total. The van der Waals surface area contributed by atoms with E-state index in [1.165, 1.54) is 5.01 Å². The van der Waals surface area contributed by atoms with Crippen molar-refractivity contribution in [1.82, 2.24) is 0 Å². The zero-order valence-electron chi connectivity index (χ0n) is 18.9. The van der Waals surface area contributed by atoms with Crippen LogP contribution in [-0.2, 0) is 0 Å². The number of Topliss-reactive ketones (excluding diaryl/α,β-unsaturated/α-hetero) is 1. The first-order valence-electron chi connectivity index (χ1n) is 11.2. The molecule has 0 unspecified atom stereocenters. The second-order valence-corrected chi connectivity index (χ2v) is 8.46. The molecular formula is C29H20N3O3-. The molecule has 0 radical (unpaired) electrons. The zero-order valence-corrected chi connectivity index (χ0v) is 18.9. The molecule has 0 fully saturated rings. The number of fused-ring (bicyclic) bond motifs is 2. The summed E-state index contributed by atoms with van der Waals surface area (Å²) in [6, 6.07) is 29.0. The van der Waals surface area contributed by atoms with Crippen LogP contribution in [0.15, 0.2) is 97.1 Å². The molecule has 0 atom stereocenters. The Morgan fingerprint density at radius 1 is 0.800 bits per heavy atom. The van der Waals surface area contributed by atoms with Crippen molar-refractivity contribution in [2.45, 2.75) is 0 Å². The standard InChI is InChI=1S/C29H21N3O3/c1-31-23-17-16-22(30-19-12-6-3-7-13-19)25-26(23)24(20-14-8-9-15-21(20)29(25)34)27(32(31)35)28(33)18-10-4-2-5-11-18/h2-17,30,34H,1H3/p-1. The molecule has 0 amide bonds. The fourth-order valence-corrected chi connectivity index (χ4v) is 4.82. The molecule has 35 heavy (non-hydrogen) atoms. The number of anilines is 3. The molecule has 5 aromatic carbocycles. The Bertz CT molecular complexity index is 1660. The molecule has 1 heterocycles. The maximum Gasteiger partial charge on any atom is 0.298 e. The van der Waals surface area contributed by atoms with Gasteiger partial charge in [0, 0.05) is 27.7 Å². The molecule has 0 spiro atoms. The number of hydrazone groups is 1.